The van der Waals surface area contributed by atoms with Crippen LogP contribution in [0.15, 0.2) is 241 Å². The average molecular weight is 1930 g/mol. The average Bonchev–Trinajstić information content (AvgIpc) is 1.64. The Hall–Kier alpha value is -8.87. The number of nitrogens with two attached hydrogens (primary N) is 2. The molecule has 5 saturated carbocycles. The monoisotopic (exact) mass is 1920 g/mol. The number of methoxy groups -OCH3 is 1. The number of aromatic nitrogens is 2. The number of nitrogens with zero attached hydrogens (tertiary/aromatic N) is 3. The van der Waals surface area contributed by atoms with Gasteiger partial charge in [-0.1, -0.05) is 192 Å². The van der Waals surface area contributed by atoms with Gasteiger partial charge in [0, 0.05) is 69.4 Å². The molecular formula is C89H81Br4Cl2F10N5O8. The van der Waals surface area contributed by atoms with Crippen molar-refractivity contribution in [2.45, 2.75) is 132 Å². The van der Waals surface area contributed by atoms with Gasteiger partial charge >= 0.3 is 18.1 Å². The molecule has 5 fully saturated rings. The van der Waals surface area contributed by atoms with Crippen molar-refractivity contribution in [2.75, 3.05) is 12.8 Å². The summed E-state index contributed by atoms with van der Waals surface area (Å²) in [4.78, 5) is 36.8. The number of hydrogen-bond acceptors (Lipinski definition) is 11. The van der Waals surface area contributed by atoms with Gasteiger partial charge in [-0.3, -0.25) is 4.79 Å². The number of ketones is 1. The lowest BCUT2D eigenvalue weighted by atomic mass is 9.97. The molecule has 118 heavy (non-hydrogen) atoms. The van der Waals surface area contributed by atoms with Gasteiger partial charge < -0.3 is 36.6 Å². The smallest absolute Gasteiger partial charge is 0.435 e. The summed E-state index contributed by atoms with van der Waals surface area (Å²) >= 11 is 18.3. The van der Waals surface area contributed by atoms with E-state index in [1.54, 1.807) is 72.8 Å². The molecular weight excluding hydrogens is 1850 g/mol. The minimum atomic E-state index is -4.49. The van der Waals surface area contributed by atoms with Gasteiger partial charge in [0.25, 0.3) is 0 Å². The van der Waals surface area contributed by atoms with E-state index < -0.39 is 63.9 Å². The number of hydrogen-bond donors (Lipinski definition) is 6. The number of carboxylic acid groups (broad SMARTS) is 1. The molecule has 0 unspecified atom stereocenters. The quantitative estimate of drug-likeness (QED) is 0.0260. The molecule has 16 rings (SSSR count). The van der Waals surface area contributed by atoms with Crippen molar-refractivity contribution in [1.82, 2.24) is 9.78 Å². The second-order valence-electron chi connectivity index (χ2n) is 28.9. The van der Waals surface area contributed by atoms with Crippen LogP contribution in [0, 0.1) is 40.7 Å². The second-order valence-corrected chi connectivity index (χ2v) is 33.0. The number of halogens is 16. The normalized spacial score (nSPS) is 14.9. The summed E-state index contributed by atoms with van der Waals surface area (Å²) in [5, 5.41) is 41.3. The number of benzene rings is 10. The molecule has 0 amide bonds. The van der Waals surface area contributed by atoms with Gasteiger partial charge in [-0.15, -0.1) is 12.4 Å². The van der Waals surface area contributed by atoms with Crippen molar-refractivity contribution in [1.29, 1.82) is 0 Å². The molecule has 0 spiro atoms. The number of ether oxygens (including phenoxy) is 1. The fourth-order valence-corrected chi connectivity index (χ4v) is 13.3. The molecule has 5 aliphatic carbocycles. The topological polar surface area (TPSA) is 224 Å². The fourth-order valence-electron chi connectivity index (χ4n) is 11.8. The van der Waals surface area contributed by atoms with Gasteiger partial charge in [0.1, 0.15) is 46.5 Å². The number of carbonyl (C=O) groups excluding carboxylic acids is 2. The number of anilines is 1. The number of carboxylic acids is 1. The van der Waals surface area contributed by atoms with E-state index in [-0.39, 0.29) is 76.3 Å². The third-order valence-electron chi connectivity index (χ3n) is 19.4. The van der Waals surface area contributed by atoms with Crippen LogP contribution in [-0.2, 0) is 56.3 Å². The van der Waals surface area contributed by atoms with Crippen LogP contribution in [0.1, 0.15) is 162 Å². The predicted octanol–water partition coefficient (Wildman–Crippen LogP) is 23.7. The summed E-state index contributed by atoms with van der Waals surface area (Å²) in [7, 11) is 1.21. The number of rotatable bonds is 14. The van der Waals surface area contributed by atoms with Gasteiger partial charge in [0.15, 0.2) is 5.69 Å². The highest BCUT2D eigenvalue weighted by molar-refractivity contribution is 9.11. The molecule has 0 atom stereocenters. The molecule has 5 aliphatic rings. The van der Waals surface area contributed by atoms with Crippen LogP contribution < -0.4 is 11.5 Å². The standard InChI is InChI=1S/C23H20FN.C12H13FO2.C11H9ClF3N3.C10H10BrF.C9H8BrFO.C9H10FNO.C8H6BrFO2.C7H4BrFO2.ClH/c1-23(14-15-23)20-13-12-19(16-21(20)24)25-22(17-8-4-2-5-9-17)18-10-6-3-7-11-18;1-8(14)6-9-2-3-10(11(13)7-9)12(15)4-5-12;12-7-2-1-3-8(4-7)18-9(6-16)5-10(17-18)11(13,14)15;1-10(4-5-10)8-3-2-7(11)6-9(8)12;10-6-1-2-7(8(11)5-6)9(12)3-4-9;10-8-5-6(11)1-2-7(8)9(12)3-4-9;1-12-8(11)6-3-2-5(9)4-7(6)10;8-4-1-2-5(7(10)11)6(9)3-4;/h2-13,16H,14-15H2,1H3;2-3,7,15H,4-6H2,1H3;1-5H,6,16H2;2-3,6H,4-5H2,1H3;1-2,5,12H,3-4H2;1-2,5,12H,3-4,11H2;2-4H,1H3;1-3H,(H,10,11);1H. The lowest BCUT2D eigenvalue weighted by Crippen LogP contribution is -2.08. The van der Waals surface area contributed by atoms with Gasteiger partial charge in [-0.05, 0) is 214 Å². The van der Waals surface area contributed by atoms with E-state index in [1.165, 1.54) is 62.6 Å². The van der Waals surface area contributed by atoms with Crippen molar-refractivity contribution in [3.8, 4) is 5.69 Å². The van der Waals surface area contributed by atoms with Crippen molar-refractivity contribution in [3.63, 3.8) is 0 Å². The number of aliphatic hydroxyl groups is 3. The molecule has 8 N–H and O–H groups in total. The van der Waals surface area contributed by atoms with Gasteiger partial charge in [-0.25, -0.2) is 50.0 Å². The third kappa shape index (κ3) is 26.6. The molecule has 1 heterocycles. The Morgan fingerprint density at radius 2 is 0.915 bits per heavy atom. The fraction of sp³-hybridized carbons (Fsp3) is 0.247. The highest BCUT2D eigenvalue weighted by atomic mass is 79.9. The van der Waals surface area contributed by atoms with E-state index in [9.17, 15) is 73.6 Å². The summed E-state index contributed by atoms with van der Waals surface area (Å²) in [5.41, 5.74) is 15.0. The van der Waals surface area contributed by atoms with Crippen LogP contribution in [0.3, 0.4) is 0 Å². The Bertz CT molecular complexity index is 5200. The van der Waals surface area contributed by atoms with E-state index in [0.29, 0.717) is 96.3 Å². The maximum absolute atomic E-state index is 14.6. The summed E-state index contributed by atoms with van der Waals surface area (Å²) in [5.74, 6) is -4.61. The lowest BCUT2D eigenvalue weighted by Gasteiger charge is -2.11. The third-order valence-corrected chi connectivity index (χ3v) is 21.6. The summed E-state index contributed by atoms with van der Waals surface area (Å²) in [6, 6.07) is 59.8. The molecule has 0 saturated heterocycles. The van der Waals surface area contributed by atoms with Gasteiger partial charge in [-0.2, -0.15) is 18.3 Å². The summed E-state index contributed by atoms with van der Waals surface area (Å²) in [6.07, 6.45) is 3.99. The van der Waals surface area contributed by atoms with Crippen molar-refractivity contribution in [2.24, 2.45) is 10.7 Å². The van der Waals surface area contributed by atoms with Gasteiger partial charge in [0.2, 0.25) is 0 Å². The van der Waals surface area contributed by atoms with E-state index in [4.69, 9.17) is 33.2 Å². The molecule has 1 aromatic heterocycles. The molecule has 0 aliphatic heterocycles. The molecule has 0 radical (unpaired) electrons. The number of esters is 1. The zero-order valence-corrected chi connectivity index (χ0v) is 71.7. The van der Waals surface area contributed by atoms with E-state index in [2.05, 4.69) is 87.4 Å². The first-order valence-corrected chi connectivity index (χ1v) is 40.0. The highest BCUT2D eigenvalue weighted by Gasteiger charge is 2.46. The molecule has 622 valence electrons. The molecule has 29 heteroatoms. The zero-order chi connectivity index (χ0) is 85.5. The maximum atomic E-state index is 14.6. The van der Waals surface area contributed by atoms with E-state index in [1.807, 2.05) is 84.9 Å². The largest absolute Gasteiger partial charge is 0.478 e. The minimum absolute atomic E-state index is 0. The molecule has 10 aromatic carbocycles. The first-order valence-electron chi connectivity index (χ1n) is 36.5. The number of carbonyl (C=O) groups is 3. The van der Waals surface area contributed by atoms with E-state index in [0.717, 1.165) is 74.9 Å². The van der Waals surface area contributed by atoms with Crippen LogP contribution >= 0.6 is 87.7 Å². The van der Waals surface area contributed by atoms with Gasteiger partial charge in [0.05, 0.1) is 57.8 Å². The second kappa shape index (κ2) is 40.9. The minimum Gasteiger partial charge on any atom is -0.478 e. The van der Waals surface area contributed by atoms with Crippen molar-refractivity contribution < 1.29 is 83.5 Å². The Morgan fingerprint density at radius 1 is 0.508 bits per heavy atom. The highest BCUT2D eigenvalue weighted by Crippen LogP contribution is 2.51. The maximum Gasteiger partial charge on any atom is 0.435 e. The number of aliphatic imine (C=N–C) groups is 1. The Kier molecular flexibility index (Phi) is 32.8. The number of alkyl halides is 3. The van der Waals surface area contributed by atoms with E-state index >= 15 is 0 Å². The van der Waals surface area contributed by atoms with Crippen LogP contribution in [0.25, 0.3) is 5.69 Å². The Labute approximate surface area is 720 Å². The van der Waals surface area contributed by atoms with Crippen molar-refractivity contribution in [3.05, 3.63) is 349 Å². The zero-order valence-electron chi connectivity index (χ0n) is 63.8. The first kappa shape index (κ1) is 94.6. The number of aromatic carboxylic acids is 1. The Morgan fingerprint density at radius 3 is 1.30 bits per heavy atom. The summed E-state index contributed by atoms with van der Waals surface area (Å²) in [6.45, 7) is 5.66. The first-order chi connectivity index (χ1) is 55.2. The number of Topliss-reactive ketones (excluding diaryl/α,β-unsaturated/α-hetero) is 1. The van der Waals surface area contributed by atoms with Crippen LogP contribution in [0.2, 0.25) is 5.02 Å². The number of nitrogen functional groups attached to an aromatic ring is 1. The molecule has 11 aromatic rings. The molecule has 0 bridgehead atoms. The van der Waals surface area contributed by atoms with Crippen molar-refractivity contribution >= 4 is 123 Å². The lowest BCUT2D eigenvalue weighted by molar-refractivity contribution is -0.141. The Balaban J connectivity index is 0.000000171. The van der Waals surface area contributed by atoms with Crippen LogP contribution in [0.5, 0.6) is 0 Å². The molecule has 13 nitrogen and oxygen atoms in total. The van der Waals surface area contributed by atoms with Crippen LogP contribution in [0.4, 0.5) is 55.3 Å². The predicted molar refractivity (Wildman–Crippen MR) is 452 cm³/mol. The van der Waals surface area contributed by atoms with Crippen LogP contribution in [-0.4, -0.2) is 60.7 Å². The SMILES string of the molecule is CC(=O)Cc1ccc(C2(O)CC2)c(F)c1.CC1(c2ccc(Br)cc2F)CC1.CC1(c2ccc(N=C(c3ccccc3)c3ccccc3)cc2F)CC1.COC(=O)c1ccc(Br)cc1F.Cl.NCc1cc(C(F)(F)F)nn1-c1cccc(Cl)c1.Nc1ccc(C2(O)CC2)c(F)c1.O=C(O)c1ccc(Br)cc1F.OC1(c2ccc(Br)cc2F)CC1. The summed E-state index contributed by atoms with van der Waals surface area (Å²) < 4.78 is 139.